The van der Waals surface area contributed by atoms with E-state index in [9.17, 15) is 12.8 Å². The number of nitrogens with zero attached hydrogens (tertiary/aromatic N) is 2. The molecule has 0 aliphatic rings. The number of aryl methyl sites for hydroxylation is 1. The monoisotopic (exact) mass is 272 g/mol. The first kappa shape index (κ1) is 12.3. The number of hydrogen-bond acceptors (Lipinski definition) is 6. The molecule has 0 saturated carbocycles. The molecule has 0 amide bonds. The number of nitrogen functional groups attached to an aromatic ring is 1. The maximum atomic E-state index is 12.9. The number of halogens is 1. The average molecular weight is 272 g/mol. The Morgan fingerprint density at radius 2 is 2.11 bits per heavy atom. The van der Waals surface area contributed by atoms with Gasteiger partial charge in [-0.05, 0) is 18.2 Å². The van der Waals surface area contributed by atoms with Crippen LogP contribution in [0.1, 0.15) is 5.89 Å². The normalized spacial score (nSPS) is 11.4. The fraction of sp³-hybridized carbons (Fsp3) is 0.111. The summed E-state index contributed by atoms with van der Waals surface area (Å²) in [4.78, 5) is -0.197. The predicted molar refractivity (Wildman–Crippen MR) is 60.7 cm³/mol. The zero-order valence-electron chi connectivity index (χ0n) is 9.21. The lowest BCUT2D eigenvalue weighted by atomic mass is 10.3. The zero-order valence-corrected chi connectivity index (χ0v) is 10.0. The van der Waals surface area contributed by atoms with Gasteiger partial charge in [0.25, 0.3) is 10.0 Å². The standard InChI is InChI=1S/C9H9FN4O3S/c1-5-12-13-9(17-5)14-18(15,16)6-2-3-7(10)8(11)4-6/h2-4H,11H2,1H3,(H,13,14). The van der Waals surface area contributed by atoms with Crippen LogP contribution >= 0.6 is 0 Å². The second-order valence-electron chi connectivity index (χ2n) is 3.42. The average Bonchev–Trinajstić information content (AvgIpc) is 2.67. The summed E-state index contributed by atoms with van der Waals surface area (Å²) in [5.74, 6) is -0.478. The molecule has 1 heterocycles. The third-order valence-corrected chi connectivity index (χ3v) is 3.34. The maximum absolute atomic E-state index is 12.9. The molecule has 1 aromatic carbocycles. The van der Waals surface area contributed by atoms with Crippen molar-refractivity contribution in [1.82, 2.24) is 10.2 Å². The number of sulfonamides is 1. The first-order valence-corrected chi connectivity index (χ1v) is 6.25. The van der Waals surface area contributed by atoms with Gasteiger partial charge in [-0.15, -0.1) is 5.10 Å². The van der Waals surface area contributed by atoms with Gasteiger partial charge in [0.15, 0.2) is 0 Å². The fourth-order valence-corrected chi connectivity index (χ4v) is 2.16. The number of rotatable bonds is 3. The van der Waals surface area contributed by atoms with Crippen LogP contribution in [0, 0.1) is 12.7 Å². The highest BCUT2D eigenvalue weighted by atomic mass is 32.2. The molecular formula is C9H9FN4O3S. The molecule has 0 atom stereocenters. The van der Waals surface area contributed by atoms with E-state index in [-0.39, 0.29) is 22.5 Å². The molecule has 1 aromatic heterocycles. The maximum Gasteiger partial charge on any atom is 0.329 e. The SMILES string of the molecule is Cc1nnc(NS(=O)(=O)c2ccc(F)c(N)c2)o1. The highest BCUT2D eigenvalue weighted by Gasteiger charge is 2.18. The number of aromatic nitrogens is 2. The summed E-state index contributed by atoms with van der Waals surface area (Å²) in [6.07, 6.45) is 0. The summed E-state index contributed by atoms with van der Waals surface area (Å²) in [5.41, 5.74) is 5.03. The molecule has 2 rings (SSSR count). The van der Waals surface area contributed by atoms with Crippen LogP contribution in [-0.4, -0.2) is 18.6 Å². The molecule has 7 nitrogen and oxygen atoms in total. The van der Waals surface area contributed by atoms with Crippen LogP contribution in [0.5, 0.6) is 0 Å². The molecule has 96 valence electrons. The van der Waals surface area contributed by atoms with E-state index in [1.165, 1.54) is 6.92 Å². The minimum absolute atomic E-state index is 0.197. The van der Waals surface area contributed by atoms with Crippen molar-refractivity contribution in [2.75, 3.05) is 10.5 Å². The highest BCUT2D eigenvalue weighted by Crippen LogP contribution is 2.19. The smallest absolute Gasteiger partial charge is 0.329 e. The van der Waals surface area contributed by atoms with Gasteiger partial charge in [-0.2, -0.15) is 0 Å². The number of anilines is 2. The van der Waals surface area contributed by atoms with Gasteiger partial charge < -0.3 is 10.2 Å². The second-order valence-corrected chi connectivity index (χ2v) is 5.10. The highest BCUT2D eigenvalue weighted by molar-refractivity contribution is 7.92. The molecule has 0 radical (unpaired) electrons. The Morgan fingerprint density at radius 3 is 2.67 bits per heavy atom. The lowest BCUT2D eigenvalue weighted by molar-refractivity contribution is 0.534. The molecule has 0 aliphatic carbocycles. The fourth-order valence-electron chi connectivity index (χ4n) is 1.20. The minimum atomic E-state index is -3.93. The van der Waals surface area contributed by atoms with Gasteiger partial charge in [0.05, 0.1) is 10.6 Å². The Hall–Kier alpha value is -2.16. The van der Waals surface area contributed by atoms with Crippen LogP contribution in [-0.2, 0) is 10.0 Å². The van der Waals surface area contributed by atoms with Gasteiger partial charge in [-0.1, -0.05) is 5.10 Å². The summed E-state index contributed by atoms with van der Waals surface area (Å²) in [6.45, 7) is 1.51. The Balaban J connectivity index is 2.33. The first-order chi connectivity index (χ1) is 8.38. The van der Waals surface area contributed by atoms with E-state index in [1.54, 1.807) is 0 Å². The molecule has 0 spiro atoms. The predicted octanol–water partition coefficient (Wildman–Crippen LogP) is 0.900. The van der Waals surface area contributed by atoms with Crippen LogP contribution in [0.3, 0.4) is 0 Å². The molecule has 0 unspecified atom stereocenters. The van der Waals surface area contributed by atoms with Gasteiger partial charge in [0.1, 0.15) is 5.82 Å². The summed E-state index contributed by atoms with van der Waals surface area (Å²) in [5, 5.41) is 6.95. The summed E-state index contributed by atoms with van der Waals surface area (Å²) < 4.78 is 43.6. The topological polar surface area (TPSA) is 111 Å². The van der Waals surface area contributed by atoms with Gasteiger partial charge in [-0.25, -0.2) is 17.5 Å². The van der Waals surface area contributed by atoms with Gasteiger partial charge >= 0.3 is 6.01 Å². The van der Waals surface area contributed by atoms with E-state index in [1.807, 2.05) is 0 Å². The van der Waals surface area contributed by atoms with Crippen LogP contribution in [0.25, 0.3) is 0 Å². The lowest BCUT2D eigenvalue weighted by Gasteiger charge is -2.05. The van der Waals surface area contributed by atoms with Crippen molar-refractivity contribution in [3.8, 4) is 0 Å². The number of nitrogens with two attached hydrogens (primary N) is 1. The van der Waals surface area contributed by atoms with Crippen LogP contribution in [0.2, 0.25) is 0 Å². The van der Waals surface area contributed by atoms with Crippen molar-refractivity contribution in [2.24, 2.45) is 0 Å². The number of nitrogens with one attached hydrogen (secondary N) is 1. The molecule has 3 N–H and O–H groups in total. The zero-order chi connectivity index (χ0) is 13.3. The molecule has 9 heteroatoms. The van der Waals surface area contributed by atoms with Crippen LogP contribution < -0.4 is 10.5 Å². The van der Waals surface area contributed by atoms with Crippen LogP contribution in [0.15, 0.2) is 27.5 Å². The van der Waals surface area contributed by atoms with E-state index in [4.69, 9.17) is 10.2 Å². The van der Waals surface area contributed by atoms with Gasteiger partial charge in [0, 0.05) is 6.92 Å². The first-order valence-electron chi connectivity index (χ1n) is 4.76. The third kappa shape index (κ3) is 2.40. The van der Waals surface area contributed by atoms with E-state index < -0.39 is 15.8 Å². The van der Waals surface area contributed by atoms with Crippen molar-refractivity contribution < 1.29 is 17.2 Å². The Bertz CT molecular complexity index is 683. The van der Waals surface area contributed by atoms with Gasteiger partial charge in [0.2, 0.25) is 5.89 Å². The second kappa shape index (κ2) is 4.26. The molecule has 0 bridgehead atoms. The Kier molecular flexibility index (Phi) is 2.91. The van der Waals surface area contributed by atoms with E-state index >= 15 is 0 Å². The molecule has 0 saturated heterocycles. The molecular weight excluding hydrogens is 263 g/mol. The van der Waals surface area contributed by atoms with Crippen molar-refractivity contribution in [1.29, 1.82) is 0 Å². The summed E-state index contributed by atoms with van der Waals surface area (Å²) in [7, 11) is -3.93. The van der Waals surface area contributed by atoms with Crippen molar-refractivity contribution in [2.45, 2.75) is 11.8 Å². The molecule has 18 heavy (non-hydrogen) atoms. The summed E-state index contributed by atoms with van der Waals surface area (Å²) >= 11 is 0. The van der Waals surface area contributed by atoms with Crippen molar-refractivity contribution >= 4 is 21.7 Å². The van der Waals surface area contributed by atoms with Crippen molar-refractivity contribution in [3.05, 3.63) is 29.9 Å². The molecule has 2 aromatic rings. The lowest BCUT2D eigenvalue weighted by Crippen LogP contribution is -2.13. The summed E-state index contributed by atoms with van der Waals surface area (Å²) in [6, 6.07) is 2.77. The van der Waals surface area contributed by atoms with E-state index in [0.717, 1.165) is 18.2 Å². The Labute approximate surface area is 102 Å². The number of hydrogen-bond donors (Lipinski definition) is 2. The number of benzene rings is 1. The quantitative estimate of drug-likeness (QED) is 0.803. The van der Waals surface area contributed by atoms with Crippen molar-refractivity contribution in [3.63, 3.8) is 0 Å². The third-order valence-electron chi connectivity index (χ3n) is 2.03. The Morgan fingerprint density at radius 1 is 1.39 bits per heavy atom. The van der Waals surface area contributed by atoms with E-state index in [0.29, 0.717) is 0 Å². The van der Waals surface area contributed by atoms with Gasteiger partial charge in [-0.3, -0.25) is 0 Å². The largest absolute Gasteiger partial charge is 0.408 e. The molecule has 0 fully saturated rings. The molecule has 0 aliphatic heterocycles. The van der Waals surface area contributed by atoms with Crippen LogP contribution in [0.4, 0.5) is 16.1 Å². The minimum Gasteiger partial charge on any atom is -0.408 e. The van der Waals surface area contributed by atoms with E-state index in [2.05, 4.69) is 14.9 Å².